The van der Waals surface area contributed by atoms with E-state index in [1.165, 1.54) is 10.8 Å². The second-order valence-electron chi connectivity index (χ2n) is 5.47. The molecule has 0 amide bonds. The second-order valence-corrected chi connectivity index (χ2v) is 5.47. The molecular weight excluding hydrogens is 321 g/mol. The largest absolute Gasteiger partial charge is 0.433 e. The molecule has 2 aromatic heterocycles. The lowest BCUT2D eigenvalue weighted by Crippen LogP contribution is -2.28. The minimum absolute atomic E-state index is 0.0645. The van der Waals surface area contributed by atoms with Gasteiger partial charge in [-0.1, -0.05) is 18.2 Å². The third kappa shape index (κ3) is 2.51. The molecule has 3 heterocycles. The fourth-order valence-electron chi connectivity index (χ4n) is 2.80. The van der Waals surface area contributed by atoms with E-state index in [1.54, 1.807) is 0 Å². The fraction of sp³-hybridized carbons (Fsp3) is 0.267. The van der Waals surface area contributed by atoms with Gasteiger partial charge in [0.05, 0.1) is 0 Å². The van der Waals surface area contributed by atoms with Gasteiger partial charge < -0.3 is 10.2 Å². The van der Waals surface area contributed by atoms with Crippen LogP contribution in [-0.4, -0.2) is 32.7 Å². The van der Waals surface area contributed by atoms with Gasteiger partial charge in [-0.05, 0) is 11.6 Å². The quantitative estimate of drug-likeness (QED) is 0.741. The molecule has 6 nitrogen and oxygen atoms in total. The summed E-state index contributed by atoms with van der Waals surface area (Å²) in [6, 6.07) is 8.76. The lowest BCUT2D eigenvalue weighted by Gasteiger charge is -2.23. The van der Waals surface area contributed by atoms with Gasteiger partial charge in [0.1, 0.15) is 12.1 Å². The molecule has 4 rings (SSSR count). The Morgan fingerprint density at radius 3 is 2.83 bits per heavy atom. The molecule has 9 heteroatoms. The Kier molecular flexibility index (Phi) is 3.29. The number of benzene rings is 1. The van der Waals surface area contributed by atoms with E-state index < -0.39 is 11.9 Å². The highest BCUT2D eigenvalue weighted by molar-refractivity contribution is 5.56. The molecule has 0 unspecified atom stereocenters. The van der Waals surface area contributed by atoms with Crippen LogP contribution in [0.5, 0.6) is 0 Å². The van der Waals surface area contributed by atoms with Crippen molar-refractivity contribution in [3.05, 3.63) is 47.9 Å². The first-order valence-corrected chi connectivity index (χ1v) is 7.37. The number of rotatable bonds is 1. The Balaban J connectivity index is 1.82. The smallest absolute Gasteiger partial charge is 0.383 e. The highest BCUT2D eigenvalue weighted by Gasteiger charge is 2.34. The first kappa shape index (κ1) is 14.7. The van der Waals surface area contributed by atoms with Crippen LogP contribution in [0.4, 0.5) is 24.7 Å². The Labute approximate surface area is 134 Å². The van der Waals surface area contributed by atoms with Crippen molar-refractivity contribution in [1.82, 2.24) is 19.6 Å². The van der Waals surface area contributed by atoms with E-state index in [2.05, 4.69) is 20.4 Å². The standard InChI is InChI=1S/C15H13F3N6/c16-15(17,18)12-7-13(24-14(22-12)20-9-21-24)23-6-5-19-11-4-2-1-3-10(11)8-23/h1-4,7,9,19H,5-6,8H2. The van der Waals surface area contributed by atoms with Crippen molar-refractivity contribution < 1.29 is 13.2 Å². The zero-order chi connectivity index (χ0) is 16.7. The summed E-state index contributed by atoms with van der Waals surface area (Å²) in [5.41, 5.74) is 1.03. The number of hydrogen-bond donors (Lipinski definition) is 1. The number of halogens is 3. The van der Waals surface area contributed by atoms with Gasteiger partial charge in [-0.15, -0.1) is 0 Å². The summed E-state index contributed by atoms with van der Waals surface area (Å²) in [7, 11) is 0. The van der Waals surface area contributed by atoms with Crippen molar-refractivity contribution in [2.45, 2.75) is 12.7 Å². The molecule has 0 fully saturated rings. The summed E-state index contributed by atoms with van der Waals surface area (Å²) in [4.78, 5) is 9.21. The monoisotopic (exact) mass is 334 g/mol. The number of nitrogens with zero attached hydrogens (tertiary/aromatic N) is 5. The summed E-state index contributed by atoms with van der Waals surface area (Å²) in [6.07, 6.45) is -3.33. The van der Waals surface area contributed by atoms with Crippen LogP contribution < -0.4 is 10.2 Å². The molecule has 0 atom stereocenters. The highest BCUT2D eigenvalue weighted by Crippen LogP contribution is 2.31. The van der Waals surface area contributed by atoms with Gasteiger partial charge in [0, 0.05) is 31.4 Å². The molecule has 0 saturated heterocycles. The second kappa shape index (κ2) is 5.36. The van der Waals surface area contributed by atoms with Crippen molar-refractivity contribution >= 4 is 17.3 Å². The Hall–Kier alpha value is -2.84. The SMILES string of the molecule is FC(F)(F)c1cc(N2CCNc3ccccc3C2)n2ncnc2n1. The van der Waals surface area contributed by atoms with E-state index in [-0.39, 0.29) is 5.78 Å². The Morgan fingerprint density at radius 1 is 1.17 bits per heavy atom. The van der Waals surface area contributed by atoms with E-state index in [1.807, 2.05) is 29.2 Å². The lowest BCUT2D eigenvalue weighted by atomic mass is 10.1. The summed E-state index contributed by atoms with van der Waals surface area (Å²) in [5.74, 6) is 0.258. The minimum Gasteiger partial charge on any atom is -0.383 e. The van der Waals surface area contributed by atoms with Gasteiger partial charge >= 0.3 is 6.18 Å². The highest BCUT2D eigenvalue weighted by atomic mass is 19.4. The number of alkyl halides is 3. The summed E-state index contributed by atoms with van der Waals surface area (Å²) in [5, 5.41) is 7.30. The Bertz CT molecular complexity index is 888. The molecule has 3 aromatic rings. The van der Waals surface area contributed by atoms with Crippen molar-refractivity contribution in [3.8, 4) is 0 Å². The molecule has 0 radical (unpaired) electrons. The zero-order valence-corrected chi connectivity index (χ0v) is 12.5. The van der Waals surface area contributed by atoms with Gasteiger partial charge in [-0.3, -0.25) is 0 Å². The number of anilines is 2. The molecule has 124 valence electrons. The molecular formula is C15H13F3N6. The van der Waals surface area contributed by atoms with Crippen molar-refractivity contribution in [1.29, 1.82) is 0 Å². The lowest BCUT2D eigenvalue weighted by molar-refractivity contribution is -0.141. The number of fused-ring (bicyclic) bond motifs is 2. The van der Waals surface area contributed by atoms with E-state index in [0.29, 0.717) is 25.5 Å². The van der Waals surface area contributed by atoms with Gasteiger partial charge in [0.15, 0.2) is 5.69 Å². The van der Waals surface area contributed by atoms with Crippen LogP contribution in [0.2, 0.25) is 0 Å². The first-order chi connectivity index (χ1) is 11.5. The van der Waals surface area contributed by atoms with Crippen molar-refractivity contribution in [2.75, 3.05) is 23.3 Å². The van der Waals surface area contributed by atoms with Crippen LogP contribution in [0.25, 0.3) is 5.78 Å². The number of aromatic nitrogens is 4. The summed E-state index contributed by atoms with van der Waals surface area (Å²) < 4.78 is 40.7. The third-order valence-electron chi connectivity index (χ3n) is 3.92. The Morgan fingerprint density at radius 2 is 2.00 bits per heavy atom. The maximum absolute atomic E-state index is 13.1. The summed E-state index contributed by atoms with van der Waals surface area (Å²) in [6.45, 7) is 1.61. The van der Waals surface area contributed by atoms with Crippen LogP contribution >= 0.6 is 0 Å². The average molecular weight is 334 g/mol. The van der Waals surface area contributed by atoms with Crippen molar-refractivity contribution in [2.24, 2.45) is 0 Å². The van der Waals surface area contributed by atoms with Gasteiger partial charge in [0.25, 0.3) is 5.78 Å². The predicted octanol–water partition coefficient (Wildman–Crippen LogP) is 2.58. The molecule has 1 aromatic carbocycles. The maximum atomic E-state index is 13.1. The normalized spacial score (nSPS) is 15.0. The fourth-order valence-corrected chi connectivity index (χ4v) is 2.80. The molecule has 0 aliphatic carbocycles. The van der Waals surface area contributed by atoms with Gasteiger partial charge in [-0.25, -0.2) is 4.98 Å². The van der Waals surface area contributed by atoms with Crippen LogP contribution in [-0.2, 0) is 12.7 Å². The van der Waals surface area contributed by atoms with Gasteiger partial charge in [-0.2, -0.15) is 27.8 Å². The van der Waals surface area contributed by atoms with Crippen LogP contribution in [0.15, 0.2) is 36.7 Å². The minimum atomic E-state index is -4.54. The molecule has 1 aliphatic heterocycles. The molecule has 0 saturated carbocycles. The third-order valence-corrected chi connectivity index (χ3v) is 3.92. The first-order valence-electron chi connectivity index (χ1n) is 7.37. The molecule has 24 heavy (non-hydrogen) atoms. The molecule has 1 aliphatic rings. The van der Waals surface area contributed by atoms with E-state index in [9.17, 15) is 13.2 Å². The number of para-hydroxylation sites is 1. The van der Waals surface area contributed by atoms with E-state index in [0.717, 1.165) is 17.3 Å². The summed E-state index contributed by atoms with van der Waals surface area (Å²) >= 11 is 0. The molecule has 0 bridgehead atoms. The zero-order valence-electron chi connectivity index (χ0n) is 12.5. The molecule has 1 N–H and O–H groups in total. The van der Waals surface area contributed by atoms with E-state index in [4.69, 9.17) is 0 Å². The van der Waals surface area contributed by atoms with Crippen LogP contribution in [0.3, 0.4) is 0 Å². The van der Waals surface area contributed by atoms with Crippen molar-refractivity contribution in [3.63, 3.8) is 0 Å². The maximum Gasteiger partial charge on any atom is 0.433 e. The van der Waals surface area contributed by atoms with Crippen LogP contribution in [0, 0.1) is 0 Å². The average Bonchev–Trinajstić information content (AvgIpc) is 2.92. The van der Waals surface area contributed by atoms with Gasteiger partial charge in [0.2, 0.25) is 0 Å². The van der Waals surface area contributed by atoms with Crippen LogP contribution in [0.1, 0.15) is 11.3 Å². The topological polar surface area (TPSA) is 58.4 Å². The number of hydrogen-bond acceptors (Lipinski definition) is 5. The number of nitrogens with one attached hydrogen (secondary N) is 1. The predicted molar refractivity (Wildman–Crippen MR) is 81.8 cm³/mol. The molecule has 0 spiro atoms. The van der Waals surface area contributed by atoms with E-state index >= 15 is 0 Å².